The molecule has 0 saturated heterocycles. The Morgan fingerprint density at radius 3 is 2.58 bits per heavy atom. The average molecular weight is 481 g/mol. The standard InChI is InChI=1S/C30H32N4O2/c1-21-10-5-8-16-27(21)34(28(35)18-23-20-32-26-15-7-6-14-25(23)26)29(22-11-9-17-31-19-22)30(36)33-24-12-3-2-4-13-24/h5-11,14-17,19-20,24,29,32H,2-4,12-13,18H2,1H3,(H,33,36). The Bertz CT molecular complexity index is 1340. The van der Waals surface area contributed by atoms with Gasteiger partial charge in [0.15, 0.2) is 0 Å². The lowest BCUT2D eigenvalue weighted by Gasteiger charge is -2.34. The zero-order chi connectivity index (χ0) is 24.9. The number of pyridine rings is 1. The highest BCUT2D eigenvalue weighted by atomic mass is 16.2. The van der Waals surface area contributed by atoms with Crippen LogP contribution >= 0.6 is 0 Å². The molecule has 0 spiro atoms. The minimum absolute atomic E-state index is 0.132. The van der Waals surface area contributed by atoms with Gasteiger partial charge in [0.25, 0.3) is 0 Å². The normalized spacial score (nSPS) is 14.9. The van der Waals surface area contributed by atoms with Crippen molar-refractivity contribution < 1.29 is 9.59 Å². The molecule has 4 aromatic rings. The minimum atomic E-state index is -0.820. The third-order valence-corrected chi connectivity index (χ3v) is 7.12. The molecule has 1 atom stereocenters. The summed E-state index contributed by atoms with van der Waals surface area (Å²) >= 11 is 0. The van der Waals surface area contributed by atoms with E-state index in [1.54, 1.807) is 17.3 Å². The molecule has 1 unspecified atom stereocenters. The van der Waals surface area contributed by atoms with Gasteiger partial charge >= 0.3 is 0 Å². The molecule has 2 N–H and O–H groups in total. The summed E-state index contributed by atoms with van der Waals surface area (Å²) in [5.41, 5.74) is 4.26. The van der Waals surface area contributed by atoms with Gasteiger partial charge in [-0.1, -0.05) is 61.7 Å². The quantitative estimate of drug-likeness (QED) is 0.359. The van der Waals surface area contributed by atoms with Crippen molar-refractivity contribution in [3.05, 3.63) is 95.9 Å². The fourth-order valence-corrected chi connectivity index (χ4v) is 5.26. The van der Waals surface area contributed by atoms with E-state index in [-0.39, 0.29) is 24.3 Å². The largest absolute Gasteiger partial charge is 0.361 e. The number of nitrogens with zero attached hydrogens (tertiary/aromatic N) is 2. The fraction of sp³-hybridized carbons (Fsp3) is 0.300. The highest BCUT2D eigenvalue weighted by Crippen LogP contribution is 2.32. The molecule has 1 aliphatic carbocycles. The Hall–Kier alpha value is -3.93. The molecule has 1 fully saturated rings. The summed E-state index contributed by atoms with van der Waals surface area (Å²) in [5.74, 6) is -0.299. The van der Waals surface area contributed by atoms with Crippen molar-refractivity contribution in [2.45, 2.75) is 57.5 Å². The van der Waals surface area contributed by atoms with Crippen LogP contribution in [0.3, 0.4) is 0 Å². The van der Waals surface area contributed by atoms with Gasteiger partial charge in [0.1, 0.15) is 6.04 Å². The number of carbonyl (C=O) groups is 2. The van der Waals surface area contributed by atoms with Crippen LogP contribution in [0.2, 0.25) is 0 Å². The molecule has 1 aliphatic rings. The predicted molar refractivity (Wildman–Crippen MR) is 143 cm³/mol. The number of anilines is 1. The first-order valence-electron chi connectivity index (χ1n) is 12.7. The van der Waals surface area contributed by atoms with E-state index in [1.165, 1.54) is 6.42 Å². The molecule has 2 amide bonds. The molecular weight excluding hydrogens is 448 g/mol. The van der Waals surface area contributed by atoms with Gasteiger partial charge in [-0.15, -0.1) is 0 Å². The van der Waals surface area contributed by atoms with Crippen molar-refractivity contribution in [3.63, 3.8) is 0 Å². The summed E-state index contributed by atoms with van der Waals surface area (Å²) in [6.07, 6.45) is 10.8. The molecule has 5 rings (SSSR count). The third-order valence-electron chi connectivity index (χ3n) is 7.12. The summed E-state index contributed by atoms with van der Waals surface area (Å²) in [6, 6.07) is 18.7. The third kappa shape index (κ3) is 5.03. The van der Waals surface area contributed by atoms with Gasteiger partial charge < -0.3 is 10.3 Å². The van der Waals surface area contributed by atoms with Crippen LogP contribution in [-0.2, 0) is 16.0 Å². The molecule has 2 aromatic heterocycles. The topological polar surface area (TPSA) is 78.1 Å². The van der Waals surface area contributed by atoms with E-state index in [2.05, 4.69) is 15.3 Å². The maximum atomic E-state index is 14.1. The smallest absolute Gasteiger partial charge is 0.248 e. The minimum Gasteiger partial charge on any atom is -0.361 e. The second kappa shape index (κ2) is 10.8. The molecule has 0 radical (unpaired) electrons. The Labute approximate surface area is 211 Å². The number of fused-ring (bicyclic) bond motifs is 1. The Morgan fingerprint density at radius 1 is 1.03 bits per heavy atom. The van der Waals surface area contributed by atoms with Gasteiger partial charge in [-0.3, -0.25) is 19.5 Å². The molecule has 184 valence electrons. The van der Waals surface area contributed by atoms with Crippen molar-refractivity contribution in [3.8, 4) is 0 Å². The van der Waals surface area contributed by atoms with Crippen LogP contribution in [0, 0.1) is 6.92 Å². The van der Waals surface area contributed by atoms with Gasteiger partial charge in [-0.05, 0) is 49.1 Å². The number of hydrogen-bond acceptors (Lipinski definition) is 3. The molecule has 36 heavy (non-hydrogen) atoms. The zero-order valence-corrected chi connectivity index (χ0v) is 20.6. The van der Waals surface area contributed by atoms with E-state index in [0.29, 0.717) is 5.56 Å². The zero-order valence-electron chi connectivity index (χ0n) is 20.6. The second-order valence-corrected chi connectivity index (χ2v) is 9.62. The second-order valence-electron chi connectivity index (χ2n) is 9.62. The number of aryl methyl sites for hydroxylation is 1. The number of nitrogens with one attached hydrogen (secondary N) is 2. The van der Waals surface area contributed by atoms with Crippen molar-refractivity contribution in [1.82, 2.24) is 15.3 Å². The van der Waals surface area contributed by atoms with Gasteiger partial charge in [0.05, 0.1) is 6.42 Å². The number of rotatable bonds is 7. The summed E-state index contributed by atoms with van der Waals surface area (Å²) in [5, 5.41) is 4.28. The van der Waals surface area contributed by atoms with E-state index >= 15 is 0 Å². The molecule has 1 saturated carbocycles. The van der Waals surface area contributed by atoms with Crippen LogP contribution in [0.1, 0.15) is 54.8 Å². The van der Waals surface area contributed by atoms with Gasteiger partial charge in [0, 0.05) is 46.8 Å². The first-order chi connectivity index (χ1) is 17.6. The lowest BCUT2D eigenvalue weighted by molar-refractivity contribution is -0.127. The van der Waals surface area contributed by atoms with Crippen LogP contribution < -0.4 is 10.2 Å². The Kier molecular flexibility index (Phi) is 7.12. The van der Waals surface area contributed by atoms with Crippen LogP contribution in [0.4, 0.5) is 5.69 Å². The van der Waals surface area contributed by atoms with E-state index < -0.39 is 6.04 Å². The van der Waals surface area contributed by atoms with Crippen molar-refractivity contribution in [1.29, 1.82) is 0 Å². The number of amides is 2. The number of carbonyl (C=O) groups excluding carboxylic acids is 2. The number of aromatic nitrogens is 2. The molecule has 0 bridgehead atoms. The summed E-state index contributed by atoms with van der Waals surface area (Å²) in [4.78, 5) is 37.3. The van der Waals surface area contributed by atoms with Crippen molar-refractivity contribution >= 4 is 28.4 Å². The molecule has 6 nitrogen and oxygen atoms in total. The van der Waals surface area contributed by atoms with E-state index in [1.807, 2.05) is 73.8 Å². The predicted octanol–water partition coefficient (Wildman–Crippen LogP) is 5.64. The summed E-state index contributed by atoms with van der Waals surface area (Å²) in [7, 11) is 0. The SMILES string of the molecule is Cc1ccccc1N(C(=O)Cc1c[nH]c2ccccc12)C(C(=O)NC1CCCCC1)c1cccnc1. The number of H-pyrrole nitrogens is 1. The van der Waals surface area contributed by atoms with Crippen LogP contribution in [0.5, 0.6) is 0 Å². The summed E-state index contributed by atoms with van der Waals surface area (Å²) < 4.78 is 0. The lowest BCUT2D eigenvalue weighted by atomic mass is 9.94. The highest BCUT2D eigenvalue weighted by molar-refractivity contribution is 6.04. The van der Waals surface area contributed by atoms with E-state index in [0.717, 1.165) is 53.4 Å². The highest BCUT2D eigenvalue weighted by Gasteiger charge is 2.35. The van der Waals surface area contributed by atoms with Gasteiger partial charge in [-0.25, -0.2) is 0 Å². The molecule has 2 aromatic carbocycles. The van der Waals surface area contributed by atoms with Crippen LogP contribution in [-0.4, -0.2) is 27.8 Å². The van der Waals surface area contributed by atoms with Crippen molar-refractivity contribution in [2.24, 2.45) is 0 Å². The fourth-order valence-electron chi connectivity index (χ4n) is 5.26. The first-order valence-corrected chi connectivity index (χ1v) is 12.7. The number of aromatic amines is 1. The van der Waals surface area contributed by atoms with Crippen LogP contribution in [0.25, 0.3) is 10.9 Å². The monoisotopic (exact) mass is 480 g/mol. The van der Waals surface area contributed by atoms with Crippen LogP contribution in [0.15, 0.2) is 79.3 Å². The summed E-state index contributed by atoms with van der Waals surface area (Å²) in [6.45, 7) is 1.97. The first kappa shape index (κ1) is 23.8. The molecule has 0 aliphatic heterocycles. The maximum absolute atomic E-state index is 14.1. The Balaban J connectivity index is 1.55. The number of benzene rings is 2. The number of para-hydroxylation sites is 2. The van der Waals surface area contributed by atoms with Gasteiger partial charge in [0.2, 0.25) is 11.8 Å². The maximum Gasteiger partial charge on any atom is 0.248 e. The molecule has 6 heteroatoms. The molecule has 2 heterocycles. The average Bonchev–Trinajstić information content (AvgIpc) is 3.31. The van der Waals surface area contributed by atoms with E-state index in [9.17, 15) is 9.59 Å². The lowest BCUT2D eigenvalue weighted by Crippen LogP contribution is -2.48. The van der Waals surface area contributed by atoms with Crippen molar-refractivity contribution in [2.75, 3.05) is 4.90 Å². The molecular formula is C30H32N4O2. The number of hydrogen-bond donors (Lipinski definition) is 2. The van der Waals surface area contributed by atoms with E-state index in [4.69, 9.17) is 0 Å². The Morgan fingerprint density at radius 2 is 1.81 bits per heavy atom. The van der Waals surface area contributed by atoms with Gasteiger partial charge in [-0.2, -0.15) is 0 Å².